The van der Waals surface area contributed by atoms with Crippen molar-refractivity contribution in [2.24, 2.45) is 11.8 Å². The number of nitrogens with one attached hydrogen (secondary N) is 1. The van der Waals surface area contributed by atoms with Gasteiger partial charge in [0.1, 0.15) is 0 Å². The lowest BCUT2D eigenvalue weighted by Crippen LogP contribution is -2.26. The van der Waals surface area contributed by atoms with Gasteiger partial charge in [0.15, 0.2) is 0 Å². The van der Waals surface area contributed by atoms with Gasteiger partial charge < -0.3 is 10.1 Å². The van der Waals surface area contributed by atoms with Gasteiger partial charge >= 0.3 is 0 Å². The van der Waals surface area contributed by atoms with E-state index in [1.165, 1.54) is 51.5 Å². The van der Waals surface area contributed by atoms with Crippen molar-refractivity contribution in [3.05, 3.63) is 0 Å². The molecule has 0 aromatic rings. The first kappa shape index (κ1) is 13.4. The van der Waals surface area contributed by atoms with Gasteiger partial charge in [-0.15, -0.1) is 0 Å². The quantitative estimate of drug-likeness (QED) is 0.701. The molecule has 0 radical (unpaired) electrons. The third-order valence-corrected chi connectivity index (χ3v) is 4.49. The molecule has 17 heavy (non-hydrogen) atoms. The summed E-state index contributed by atoms with van der Waals surface area (Å²) in [6, 6.07) is 0.858. The zero-order valence-electron chi connectivity index (χ0n) is 11.6. The molecule has 0 bridgehead atoms. The van der Waals surface area contributed by atoms with Crippen LogP contribution in [0.3, 0.4) is 0 Å². The van der Waals surface area contributed by atoms with E-state index >= 15 is 0 Å². The van der Waals surface area contributed by atoms with Crippen molar-refractivity contribution >= 4 is 0 Å². The molecule has 2 fully saturated rings. The van der Waals surface area contributed by atoms with E-state index in [0.29, 0.717) is 6.10 Å². The summed E-state index contributed by atoms with van der Waals surface area (Å²) in [6.45, 7) is 7.02. The van der Waals surface area contributed by atoms with Crippen LogP contribution in [0.15, 0.2) is 0 Å². The zero-order chi connectivity index (χ0) is 12.1. The van der Waals surface area contributed by atoms with Gasteiger partial charge in [0.25, 0.3) is 0 Å². The highest BCUT2D eigenvalue weighted by molar-refractivity contribution is 4.82. The summed E-state index contributed by atoms with van der Waals surface area (Å²) in [5.41, 5.74) is 0. The van der Waals surface area contributed by atoms with Crippen LogP contribution in [0.25, 0.3) is 0 Å². The highest BCUT2D eigenvalue weighted by Gasteiger charge is 2.22. The summed E-state index contributed by atoms with van der Waals surface area (Å²) in [7, 11) is 0. The molecule has 0 amide bonds. The number of rotatable bonds is 8. The van der Waals surface area contributed by atoms with Gasteiger partial charge in [0.2, 0.25) is 0 Å². The molecular weight excluding hydrogens is 210 g/mol. The van der Waals surface area contributed by atoms with Crippen LogP contribution in [0.5, 0.6) is 0 Å². The Kier molecular flexibility index (Phi) is 5.30. The topological polar surface area (TPSA) is 21.3 Å². The number of ether oxygens (including phenoxy) is 1. The predicted molar refractivity (Wildman–Crippen MR) is 72.2 cm³/mol. The average molecular weight is 239 g/mol. The second kappa shape index (κ2) is 6.75. The Morgan fingerprint density at radius 2 is 2.00 bits per heavy atom. The van der Waals surface area contributed by atoms with Crippen LogP contribution >= 0.6 is 0 Å². The van der Waals surface area contributed by atoms with Crippen molar-refractivity contribution in [3.63, 3.8) is 0 Å². The van der Waals surface area contributed by atoms with E-state index in [1.54, 1.807) is 0 Å². The highest BCUT2D eigenvalue weighted by Crippen LogP contribution is 2.24. The molecule has 0 aromatic carbocycles. The maximum Gasteiger partial charge on any atom is 0.0576 e. The van der Waals surface area contributed by atoms with Crippen LogP contribution in [0.4, 0.5) is 0 Å². The Labute approximate surface area is 107 Å². The molecule has 1 N–H and O–H groups in total. The van der Waals surface area contributed by atoms with Crippen LogP contribution in [0, 0.1) is 11.8 Å². The summed E-state index contributed by atoms with van der Waals surface area (Å²) in [5, 5.41) is 3.64. The summed E-state index contributed by atoms with van der Waals surface area (Å²) in [5.74, 6) is 1.67. The van der Waals surface area contributed by atoms with E-state index in [9.17, 15) is 0 Å². The van der Waals surface area contributed by atoms with Gasteiger partial charge in [-0.25, -0.2) is 0 Å². The van der Waals surface area contributed by atoms with Crippen molar-refractivity contribution in [1.82, 2.24) is 5.32 Å². The first-order valence-electron chi connectivity index (χ1n) is 7.60. The molecule has 0 aromatic heterocycles. The van der Waals surface area contributed by atoms with Gasteiger partial charge in [-0.1, -0.05) is 26.7 Å². The van der Waals surface area contributed by atoms with Crippen molar-refractivity contribution in [2.75, 3.05) is 13.2 Å². The lowest BCUT2D eigenvalue weighted by atomic mass is 9.90. The molecule has 2 heteroatoms. The van der Waals surface area contributed by atoms with Crippen molar-refractivity contribution in [2.45, 2.75) is 70.9 Å². The fourth-order valence-corrected chi connectivity index (χ4v) is 2.67. The third-order valence-electron chi connectivity index (χ3n) is 4.49. The molecule has 100 valence electrons. The Morgan fingerprint density at radius 3 is 2.65 bits per heavy atom. The molecule has 1 saturated carbocycles. The average Bonchev–Trinajstić information content (AvgIpc) is 3.02. The fourth-order valence-electron chi connectivity index (χ4n) is 2.67. The van der Waals surface area contributed by atoms with Gasteiger partial charge in [-0.2, -0.15) is 0 Å². The minimum atomic E-state index is 0.585. The smallest absolute Gasteiger partial charge is 0.0576 e. The standard InChI is InChI=1S/C15H29NO/c1-12(13(2)11-16-14-8-9-14)5-3-6-15-7-4-10-17-15/h12-16H,3-11H2,1-2H3. The zero-order valence-corrected chi connectivity index (χ0v) is 11.6. The lowest BCUT2D eigenvalue weighted by molar-refractivity contribution is 0.100. The molecule has 1 aliphatic carbocycles. The Morgan fingerprint density at radius 1 is 1.18 bits per heavy atom. The predicted octanol–water partition coefficient (Wildman–Crippen LogP) is 3.36. The van der Waals surface area contributed by atoms with Crippen LogP contribution in [-0.2, 0) is 4.74 Å². The normalized spacial score (nSPS) is 28.2. The van der Waals surface area contributed by atoms with Crippen molar-refractivity contribution in [1.29, 1.82) is 0 Å². The first-order chi connectivity index (χ1) is 8.25. The molecule has 0 spiro atoms. The van der Waals surface area contributed by atoms with E-state index in [1.807, 2.05) is 0 Å². The fraction of sp³-hybridized carbons (Fsp3) is 1.00. The molecule has 2 aliphatic rings. The molecule has 2 rings (SSSR count). The lowest BCUT2D eigenvalue weighted by Gasteiger charge is -2.21. The van der Waals surface area contributed by atoms with E-state index in [0.717, 1.165) is 24.5 Å². The summed E-state index contributed by atoms with van der Waals surface area (Å²) < 4.78 is 5.67. The molecule has 1 aliphatic heterocycles. The minimum absolute atomic E-state index is 0.585. The molecule has 1 heterocycles. The minimum Gasteiger partial charge on any atom is -0.378 e. The Balaban J connectivity index is 1.50. The summed E-state index contributed by atoms with van der Waals surface area (Å²) in [4.78, 5) is 0. The second-order valence-electron chi connectivity index (χ2n) is 6.20. The SMILES string of the molecule is CC(CCCC1CCCO1)C(C)CNC1CC1. The molecule has 1 saturated heterocycles. The maximum atomic E-state index is 5.67. The molecular formula is C15H29NO. The Bertz CT molecular complexity index is 209. The largest absolute Gasteiger partial charge is 0.378 e. The number of hydrogen-bond donors (Lipinski definition) is 1. The maximum absolute atomic E-state index is 5.67. The van der Waals surface area contributed by atoms with E-state index in [-0.39, 0.29) is 0 Å². The van der Waals surface area contributed by atoms with Gasteiger partial charge in [-0.05, 0) is 50.5 Å². The number of hydrogen-bond acceptors (Lipinski definition) is 2. The van der Waals surface area contributed by atoms with Gasteiger partial charge in [-0.3, -0.25) is 0 Å². The second-order valence-corrected chi connectivity index (χ2v) is 6.20. The molecule has 3 unspecified atom stereocenters. The Hall–Kier alpha value is -0.0800. The third kappa shape index (κ3) is 4.97. The van der Waals surface area contributed by atoms with Crippen LogP contribution in [0.1, 0.15) is 58.8 Å². The van der Waals surface area contributed by atoms with E-state index in [4.69, 9.17) is 4.74 Å². The van der Waals surface area contributed by atoms with Crippen molar-refractivity contribution < 1.29 is 4.74 Å². The first-order valence-corrected chi connectivity index (χ1v) is 7.60. The van der Waals surface area contributed by atoms with Crippen LogP contribution in [-0.4, -0.2) is 25.3 Å². The molecule has 3 atom stereocenters. The summed E-state index contributed by atoms with van der Waals surface area (Å²) >= 11 is 0. The summed E-state index contributed by atoms with van der Waals surface area (Å²) in [6.07, 6.45) is 9.97. The van der Waals surface area contributed by atoms with Crippen molar-refractivity contribution in [3.8, 4) is 0 Å². The van der Waals surface area contributed by atoms with Crippen LogP contribution in [0.2, 0.25) is 0 Å². The van der Waals surface area contributed by atoms with Crippen LogP contribution < -0.4 is 5.32 Å². The van der Waals surface area contributed by atoms with Gasteiger partial charge in [0.05, 0.1) is 6.10 Å². The van der Waals surface area contributed by atoms with Gasteiger partial charge in [0, 0.05) is 12.6 Å². The van der Waals surface area contributed by atoms with E-state index in [2.05, 4.69) is 19.2 Å². The monoisotopic (exact) mass is 239 g/mol. The van der Waals surface area contributed by atoms with E-state index < -0.39 is 0 Å². The molecule has 2 nitrogen and oxygen atoms in total. The highest BCUT2D eigenvalue weighted by atomic mass is 16.5.